The third-order valence-corrected chi connectivity index (χ3v) is 4.72. The zero-order valence-electron chi connectivity index (χ0n) is 15.5. The fraction of sp³-hybridized carbons (Fsp3) is 0.381. The first kappa shape index (κ1) is 19.3. The summed E-state index contributed by atoms with van der Waals surface area (Å²) in [5.41, 5.74) is 9.38. The Bertz CT molecular complexity index is 804. The number of piperidine rings is 1. The zero-order valence-corrected chi connectivity index (χ0v) is 15.5. The van der Waals surface area contributed by atoms with E-state index in [4.69, 9.17) is 15.3 Å². The summed E-state index contributed by atoms with van der Waals surface area (Å²) in [5, 5.41) is 1.73. The van der Waals surface area contributed by atoms with E-state index >= 15 is 0 Å². The largest absolute Gasteiger partial charge is 0.398 e. The molecule has 0 spiro atoms. The first-order chi connectivity index (χ1) is 13.1. The van der Waals surface area contributed by atoms with Crippen LogP contribution in [0.3, 0.4) is 0 Å². The second-order valence-electron chi connectivity index (χ2n) is 6.81. The van der Waals surface area contributed by atoms with Crippen molar-refractivity contribution in [3.63, 3.8) is 0 Å². The van der Waals surface area contributed by atoms with Crippen molar-refractivity contribution in [1.82, 2.24) is 5.06 Å². The van der Waals surface area contributed by atoms with Crippen LogP contribution in [0.2, 0.25) is 0 Å². The number of carbonyl (C=O) groups is 1. The number of carbonyl (C=O) groups excluding carboxylic acids is 1. The van der Waals surface area contributed by atoms with Crippen LogP contribution in [-0.4, -0.2) is 31.2 Å². The van der Waals surface area contributed by atoms with E-state index in [2.05, 4.69) is 0 Å². The Morgan fingerprint density at radius 2 is 1.89 bits per heavy atom. The number of benzene rings is 2. The highest BCUT2D eigenvalue weighted by Gasteiger charge is 2.19. The molecule has 2 aromatic rings. The molecule has 1 heterocycles. The van der Waals surface area contributed by atoms with Crippen LogP contribution in [0.1, 0.15) is 46.3 Å². The number of nitrogens with two attached hydrogens (primary N) is 1. The van der Waals surface area contributed by atoms with Gasteiger partial charge in [0.15, 0.2) is 0 Å². The third-order valence-electron chi connectivity index (χ3n) is 4.72. The molecule has 5 nitrogen and oxygen atoms in total. The summed E-state index contributed by atoms with van der Waals surface area (Å²) in [6.07, 6.45) is 3.79. The first-order valence-electron chi connectivity index (χ1n) is 9.18. The van der Waals surface area contributed by atoms with E-state index < -0.39 is 0 Å². The summed E-state index contributed by atoms with van der Waals surface area (Å²) in [5.74, 6) is -0.719. The molecule has 0 radical (unpaired) electrons. The quantitative estimate of drug-likeness (QED) is 0.783. The lowest BCUT2D eigenvalue weighted by molar-refractivity contribution is -0.119. The Morgan fingerprint density at radius 3 is 2.59 bits per heavy atom. The molecule has 0 unspecified atom stereocenters. The molecule has 0 aromatic heterocycles. The summed E-state index contributed by atoms with van der Waals surface area (Å²) in [4.78, 5) is 18.1. The van der Waals surface area contributed by atoms with Crippen LogP contribution in [0.25, 0.3) is 0 Å². The van der Waals surface area contributed by atoms with E-state index in [0.717, 1.165) is 42.6 Å². The maximum Gasteiger partial charge on any atom is 0.357 e. The van der Waals surface area contributed by atoms with Gasteiger partial charge in [-0.1, -0.05) is 24.6 Å². The number of rotatable bonds is 6. The molecule has 6 heteroatoms. The van der Waals surface area contributed by atoms with Crippen LogP contribution in [0.15, 0.2) is 36.4 Å². The fourth-order valence-corrected chi connectivity index (χ4v) is 3.30. The highest BCUT2D eigenvalue weighted by molar-refractivity contribution is 5.91. The van der Waals surface area contributed by atoms with Gasteiger partial charge in [0.05, 0.1) is 12.2 Å². The zero-order chi connectivity index (χ0) is 19.2. The van der Waals surface area contributed by atoms with Crippen LogP contribution in [-0.2, 0) is 22.6 Å². The summed E-state index contributed by atoms with van der Waals surface area (Å²) < 4.78 is 18.5. The normalized spacial score (nSPS) is 14.9. The predicted octanol–water partition coefficient (Wildman–Crippen LogP) is 3.70. The number of methoxy groups -OCH3 is 1. The van der Waals surface area contributed by atoms with Crippen molar-refractivity contribution in [2.24, 2.45) is 0 Å². The van der Waals surface area contributed by atoms with Gasteiger partial charge in [0.25, 0.3) is 0 Å². The van der Waals surface area contributed by atoms with E-state index in [0.29, 0.717) is 24.3 Å². The molecule has 0 atom stereocenters. The molecule has 1 fully saturated rings. The average Bonchev–Trinajstić information content (AvgIpc) is 2.65. The number of nitrogen functional groups attached to an aromatic ring is 1. The molecule has 0 aliphatic carbocycles. The lowest BCUT2D eigenvalue weighted by atomic mass is 9.98. The van der Waals surface area contributed by atoms with Gasteiger partial charge in [-0.2, -0.15) is 0 Å². The molecule has 2 N–H and O–H groups in total. The Hall–Kier alpha value is -2.44. The highest BCUT2D eigenvalue weighted by Crippen LogP contribution is 2.22. The van der Waals surface area contributed by atoms with Gasteiger partial charge < -0.3 is 15.3 Å². The number of nitrogens with zero attached hydrogens (tertiary/aromatic N) is 1. The fourth-order valence-electron chi connectivity index (χ4n) is 3.30. The van der Waals surface area contributed by atoms with Gasteiger partial charge in [0.1, 0.15) is 5.82 Å². The number of halogens is 1. The number of hydroxylamine groups is 2. The van der Waals surface area contributed by atoms with E-state index in [-0.39, 0.29) is 11.8 Å². The molecule has 0 bridgehead atoms. The SMILES string of the molecule is COCc1cc(Cc2ccc(F)cc2N)ccc1C(=O)ON1CCCCC1. The van der Waals surface area contributed by atoms with Crippen LogP contribution in [0.4, 0.5) is 10.1 Å². The van der Waals surface area contributed by atoms with Crippen molar-refractivity contribution in [2.75, 3.05) is 25.9 Å². The molecule has 144 valence electrons. The Labute approximate surface area is 158 Å². The predicted molar refractivity (Wildman–Crippen MR) is 102 cm³/mol. The minimum Gasteiger partial charge on any atom is -0.398 e. The van der Waals surface area contributed by atoms with Crippen molar-refractivity contribution < 1.29 is 18.8 Å². The Morgan fingerprint density at radius 1 is 1.11 bits per heavy atom. The second kappa shape index (κ2) is 8.97. The maximum atomic E-state index is 13.2. The van der Waals surface area contributed by atoms with Crippen molar-refractivity contribution in [3.05, 3.63) is 64.5 Å². The van der Waals surface area contributed by atoms with E-state index in [9.17, 15) is 9.18 Å². The molecular weight excluding hydrogens is 347 g/mol. The van der Waals surface area contributed by atoms with Gasteiger partial charge in [0, 0.05) is 25.9 Å². The van der Waals surface area contributed by atoms with Gasteiger partial charge in [-0.25, -0.2) is 9.18 Å². The maximum absolute atomic E-state index is 13.2. The van der Waals surface area contributed by atoms with Gasteiger partial charge in [-0.15, -0.1) is 5.06 Å². The number of hydrogen-bond donors (Lipinski definition) is 1. The molecule has 1 aliphatic rings. The summed E-state index contributed by atoms with van der Waals surface area (Å²) in [6, 6.07) is 9.94. The van der Waals surface area contributed by atoms with Crippen LogP contribution in [0, 0.1) is 5.82 Å². The molecule has 0 saturated carbocycles. The lowest BCUT2D eigenvalue weighted by Gasteiger charge is -2.25. The van der Waals surface area contributed by atoms with E-state index in [1.54, 1.807) is 24.3 Å². The average molecular weight is 372 g/mol. The van der Waals surface area contributed by atoms with Crippen molar-refractivity contribution in [3.8, 4) is 0 Å². The number of ether oxygens (including phenoxy) is 1. The Balaban J connectivity index is 1.78. The standard InChI is InChI=1S/C21H25FN2O3/c1-26-14-17-12-15(11-16-6-7-18(22)13-20(16)23)5-8-19(17)21(25)27-24-9-3-2-4-10-24/h5-8,12-13H,2-4,9-11,14,23H2,1H3. The van der Waals surface area contributed by atoms with Gasteiger partial charge in [-0.3, -0.25) is 0 Å². The van der Waals surface area contributed by atoms with Crippen molar-refractivity contribution in [1.29, 1.82) is 0 Å². The molecule has 3 rings (SSSR count). The summed E-state index contributed by atoms with van der Waals surface area (Å²) >= 11 is 0. The highest BCUT2D eigenvalue weighted by atomic mass is 19.1. The number of anilines is 1. The molecule has 1 aliphatic heterocycles. The van der Waals surface area contributed by atoms with E-state index in [1.807, 2.05) is 12.1 Å². The van der Waals surface area contributed by atoms with Crippen LogP contribution in [0.5, 0.6) is 0 Å². The first-order valence-corrected chi connectivity index (χ1v) is 9.18. The third kappa shape index (κ3) is 5.05. The van der Waals surface area contributed by atoms with Crippen molar-refractivity contribution in [2.45, 2.75) is 32.3 Å². The van der Waals surface area contributed by atoms with E-state index in [1.165, 1.54) is 18.6 Å². The van der Waals surface area contributed by atoms with Gasteiger partial charge >= 0.3 is 5.97 Å². The second-order valence-corrected chi connectivity index (χ2v) is 6.81. The summed E-state index contributed by atoms with van der Waals surface area (Å²) in [7, 11) is 1.59. The summed E-state index contributed by atoms with van der Waals surface area (Å²) in [6.45, 7) is 1.84. The molecular formula is C21H25FN2O3. The van der Waals surface area contributed by atoms with Crippen LogP contribution >= 0.6 is 0 Å². The minimum atomic E-state index is -0.364. The van der Waals surface area contributed by atoms with Crippen molar-refractivity contribution >= 4 is 11.7 Å². The topological polar surface area (TPSA) is 64.8 Å². The monoisotopic (exact) mass is 372 g/mol. The molecule has 1 saturated heterocycles. The molecule has 0 amide bonds. The van der Waals surface area contributed by atoms with Gasteiger partial charge in [0.2, 0.25) is 0 Å². The molecule has 2 aromatic carbocycles. The van der Waals surface area contributed by atoms with Crippen LogP contribution < -0.4 is 5.73 Å². The lowest BCUT2D eigenvalue weighted by Crippen LogP contribution is -2.32. The smallest absolute Gasteiger partial charge is 0.357 e. The minimum absolute atomic E-state index is 0.303. The molecule has 27 heavy (non-hydrogen) atoms. The number of hydrogen-bond acceptors (Lipinski definition) is 5. The van der Waals surface area contributed by atoms with Gasteiger partial charge in [-0.05, 0) is 54.2 Å². The Kier molecular flexibility index (Phi) is 6.42.